The summed E-state index contributed by atoms with van der Waals surface area (Å²) in [7, 11) is -3.81. The van der Waals surface area contributed by atoms with Gasteiger partial charge in [-0.25, -0.2) is 18.5 Å². The Bertz CT molecular complexity index is 1370. The second-order valence-electron chi connectivity index (χ2n) is 6.96. The van der Waals surface area contributed by atoms with E-state index in [0.717, 1.165) is 11.2 Å². The van der Waals surface area contributed by atoms with Gasteiger partial charge in [-0.2, -0.15) is 15.0 Å². The van der Waals surface area contributed by atoms with E-state index < -0.39 is 10.0 Å². The van der Waals surface area contributed by atoms with Crippen molar-refractivity contribution >= 4 is 50.4 Å². The summed E-state index contributed by atoms with van der Waals surface area (Å²) in [6.07, 6.45) is 0. The number of nitrogen functional groups attached to an aromatic ring is 1. The Hall–Kier alpha value is -3.22. The van der Waals surface area contributed by atoms with Crippen LogP contribution in [0.2, 0.25) is 0 Å². The zero-order valence-corrected chi connectivity index (χ0v) is 19.1. The zero-order valence-electron chi connectivity index (χ0n) is 17.4. The third-order valence-corrected chi connectivity index (χ3v) is 6.67. The molecule has 4 aromatic rings. The lowest BCUT2D eigenvalue weighted by molar-refractivity contribution is 0.598. The predicted molar refractivity (Wildman–Crippen MR) is 125 cm³/mol. The Morgan fingerprint density at radius 3 is 2.53 bits per heavy atom. The van der Waals surface area contributed by atoms with Crippen molar-refractivity contribution in [3.05, 3.63) is 54.4 Å². The number of imidazole rings is 1. The van der Waals surface area contributed by atoms with Crippen molar-refractivity contribution in [3.8, 4) is 0 Å². The molecule has 12 heteroatoms. The van der Waals surface area contributed by atoms with Gasteiger partial charge >= 0.3 is 0 Å². The van der Waals surface area contributed by atoms with Gasteiger partial charge in [-0.1, -0.05) is 30.0 Å². The molecule has 0 aliphatic carbocycles. The van der Waals surface area contributed by atoms with Crippen LogP contribution < -0.4 is 16.2 Å². The number of hydrogen-bond donors (Lipinski definition) is 3. The van der Waals surface area contributed by atoms with Crippen LogP contribution in [-0.4, -0.2) is 32.9 Å². The fourth-order valence-electron chi connectivity index (χ4n) is 3.17. The van der Waals surface area contributed by atoms with E-state index in [1.165, 1.54) is 23.9 Å². The van der Waals surface area contributed by atoms with Crippen LogP contribution in [0, 0.1) is 0 Å². The van der Waals surface area contributed by atoms with Crippen LogP contribution >= 0.6 is 11.8 Å². The highest BCUT2D eigenvalue weighted by atomic mass is 32.2. The fraction of sp³-hybridized carbons (Fsp3) is 0.200. The number of aromatic nitrogens is 5. The molecular weight excluding hydrogens is 448 g/mol. The number of aryl methyl sites for hydroxylation is 1. The average Bonchev–Trinajstić information content (AvgIpc) is 3.09. The van der Waals surface area contributed by atoms with Crippen molar-refractivity contribution in [2.75, 3.05) is 11.1 Å². The fourth-order valence-corrected chi connectivity index (χ4v) is 4.73. The molecule has 0 aliphatic heterocycles. The number of para-hydroxylation sites is 1. The van der Waals surface area contributed by atoms with Gasteiger partial charge in [0.25, 0.3) is 0 Å². The second kappa shape index (κ2) is 8.73. The molecule has 0 aliphatic rings. The molecule has 4 rings (SSSR count). The summed E-state index contributed by atoms with van der Waals surface area (Å²) >= 11 is 1.45. The quantitative estimate of drug-likeness (QED) is 0.346. The van der Waals surface area contributed by atoms with E-state index in [0.29, 0.717) is 29.0 Å². The van der Waals surface area contributed by atoms with Gasteiger partial charge in [-0.05, 0) is 44.2 Å². The number of nitrogens with one attached hydrogen (secondary N) is 1. The predicted octanol–water partition coefficient (Wildman–Crippen LogP) is 3.07. The molecule has 2 aromatic carbocycles. The molecule has 1 atom stereocenters. The maximum absolute atomic E-state index is 11.7. The SMILES string of the molecule is CCn1c(SC(C)c2nc(N)nc(Nc3ccccc3)n2)nc2cc(S(N)(=O)=O)ccc21. The number of thioether (sulfide) groups is 1. The number of nitrogens with two attached hydrogens (primary N) is 2. The lowest BCUT2D eigenvalue weighted by Crippen LogP contribution is -2.11. The summed E-state index contributed by atoms with van der Waals surface area (Å²) in [5.41, 5.74) is 8.12. The first-order chi connectivity index (χ1) is 15.2. The van der Waals surface area contributed by atoms with Crippen LogP contribution in [0.4, 0.5) is 17.6 Å². The first-order valence-corrected chi connectivity index (χ1v) is 12.2. The zero-order chi connectivity index (χ0) is 22.9. The van der Waals surface area contributed by atoms with Crippen molar-refractivity contribution in [2.24, 2.45) is 5.14 Å². The number of sulfonamides is 1. The monoisotopic (exact) mass is 470 g/mol. The molecule has 0 saturated carbocycles. The molecular formula is C20H22N8O2S2. The van der Waals surface area contributed by atoms with Gasteiger partial charge in [-0.3, -0.25) is 0 Å². The van der Waals surface area contributed by atoms with Gasteiger partial charge in [0.05, 0.1) is 21.2 Å². The molecule has 0 saturated heterocycles. The Balaban J connectivity index is 1.64. The number of rotatable bonds is 7. The van der Waals surface area contributed by atoms with E-state index in [1.807, 2.05) is 48.7 Å². The van der Waals surface area contributed by atoms with Crippen molar-refractivity contribution in [1.82, 2.24) is 24.5 Å². The van der Waals surface area contributed by atoms with E-state index in [-0.39, 0.29) is 16.1 Å². The van der Waals surface area contributed by atoms with Crippen molar-refractivity contribution in [3.63, 3.8) is 0 Å². The molecule has 5 N–H and O–H groups in total. The summed E-state index contributed by atoms with van der Waals surface area (Å²) in [5.74, 6) is 0.969. The van der Waals surface area contributed by atoms with Gasteiger partial charge in [0.15, 0.2) is 5.16 Å². The standard InChI is InChI=1S/C20H22N8O2S2/c1-3-28-16-10-9-14(32(22,29)30)11-15(16)24-20(28)31-12(2)17-25-18(21)27-19(26-17)23-13-7-5-4-6-8-13/h4-12H,3H2,1-2H3,(H2,22,29,30)(H3,21,23,25,26,27). The minimum Gasteiger partial charge on any atom is -0.368 e. The molecule has 0 amide bonds. The highest BCUT2D eigenvalue weighted by Crippen LogP contribution is 2.35. The van der Waals surface area contributed by atoms with E-state index in [1.54, 1.807) is 6.07 Å². The molecule has 166 valence electrons. The van der Waals surface area contributed by atoms with Crippen LogP contribution in [0.3, 0.4) is 0 Å². The molecule has 32 heavy (non-hydrogen) atoms. The number of primary sulfonamides is 1. The van der Waals surface area contributed by atoms with Gasteiger partial charge in [0, 0.05) is 12.2 Å². The number of benzene rings is 2. The summed E-state index contributed by atoms with van der Waals surface area (Å²) in [6, 6.07) is 14.2. The highest BCUT2D eigenvalue weighted by Gasteiger charge is 2.19. The summed E-state index contributed by atoms with van der Waals surface area (Å²) in [5, 5.41) is 8.89. The molecule has 1 unspecified atom stereocenters. The number of fused-ring (bicyclic) bond motifs is 1. The first kappa shape index (κ1) is 22.0. The van der Waals surface area contributed by atoms with E-state index >= 15 is 0 Å². The summed E-state index contributed by atoms with van der Waals surface area (Å²) < 4.78 is 25.4. The Morgan fingerprint density at radius 1 is 1.09 bits per heavy atom. The molecule has 0 bridgehead atoms. The molecule has 0 fully saturated rings. The maximum atomic E-state index is 11.7. The van der Waals surface area contributed by atoms with E-state index in [4.69, 9.17) is 10.9 Å². The largest absolute Gasteiger partial charge is 0.368 e. The Labute approximate surface area is 189 Å². The molecule has 0 spiro atoms. The van der Waals surface area contributed by atoms with E-state index in [2.05, 4.69) is 25.3 Å². The number of nitrogens with zero attached hydrogens (tertiary/aromatic N) is 5. The third kappa shape index (κ3) is 4.66. The average molecular weight is 471 g/mol. The molecule has 2 heterocycles. The van der Waals surface area contributed by atoms with Crippen molar-refractivity contribution in [1.29, 1.82) is 0 Å². The normalized spacial score (nSPS) is 12.7. The molecule has 2 aromatic heterocycles. The van der Waals surface area contributed by atoms with Crippen LogP contribution in [0.1, 0.15) is 24.9 Å². The topological polar surface area (TPSA) is 155 Å². The lowest BCUT2D eigenvalue weighted by Gasteiger charge is -2.13. The Kier molecular flexibility index (Phi) is 6.00. The van der Waals surface area contributed by atoms with Crippen LogP contribution in [0.5, 0.6) is 0 Å². The molecule has 0 radical (unpaired) electrons. The second-order valence-corrected chi connectivity index (χ2v) is 9.83. The number of anilines is 3. The Morgan fingerprint density at radius 2 is 1.84 bits per heavy atom. The van der Waals surface area contributed by atoms with Crippen molar-refractivity contribution < 1.29 is 8.42 Å². The summed E-state index contributed by atoms with van der Waals surface area (Å²) in [4.78, 5) is 17.6. The lowest BCUT2D eigenvalue weighted by atomic mass is 10.3. The van der Waals surface area contributed by atoms with Gasteiger partial charge in [0.1, 0.15) is 5.82 Å². The van der Waals surface area contributed by atoms with Gasteiger partial charge in [0.2, 0.25) is 21.9 Å². The van der Waals surface area contributed by atoms with Gasteiger partial charge < -0.3 is 15.6 Å². The first-order valence-electron chi connectivity index (χ1n) is 9.78. The van der Waals surface area contributed by atoms with Crippen LogP contribution in [-0.2, 0) is 16.6 Å². The third-order valence-electron chi connectivity index (χ3n) is 4.68. The molecule has 10 nitrogen and oxygen atoms in total. The van der Waals surface area contributed by atoms with Gasteiger partial charge in [-0.15, -0.1) is 0 Å². The number of hydrogen-bond acceptors (Lipinski definition) is 9. The van der Waals surface area contributed by atoms with Crippen LogP contribution in [0.25, 0.3) is 11.0 Å². The summed E-state index contributed by atoms with van der Waals surface area (Å²) in [6.45, 7) is 4.59. The highest BCUT2D eigenvalue weighted by molar-refractivity contribution is 7.99. The van der Waals surface area contributed by atoms with Crippen molar-refractivity contribution in [2.45, 2.75) is 35.7 Å². The maximum Gasteiger partial charge on any atom is 0.238 e. The van der Waals surface area contributed by atoms with Crippen LogP contribution in [0.15, 0.2) is 58.6 Å². The van der Waals surface area contributed by atoms with E-state index in [9.17, 15) is 8.42 Å². The minimum absolute atomic E-state index is 0.0252. The smallest absolute Gasteiger partial charge is 0.238 e. The minimum atomic E-state index is -3.81.